The number of halogens is 1. The number of amides is 2. The van der Waals surface area contributed by atoms with Gasteiger partial charge in [-0.3, -0.25) is 9.59 Å². The van der Waals surface area contributed by atoms with Gasteiger partial charge in [-0.2, -0.15) is 0 Å². The van der Waals surface area contributed by atoms with Gasteiger partial charge < -0.3 is 10.1 Å². The molecule has 2 N–H and O–H groups in total. The van der Waals surface area contributed by atoms with Crippen molar-refractivity contribution in [3.05, 3.63) is 101 Å². The number of hydrogen-bond acceptors (Lipinski definition) is 3. The molecule has 1 aliphatic heterocycles. The molecule has 32 heavy (non-hydrogen) atoms. The summed E-state index contributed by atoms with van der Waals surface area (Å²) in [6, 6.07) is 22.5. The van der Waals surface area contributed by atoms with Crippen molar-refractivity contribution in [1.29, 1.82) is 0 Å². The minimum atomic E-state index is -0.778. The number of carbonyl (C=O) groups excluding carboxylic acids is 2. The first-order valence-corrected chi connectivity index (χ1v) is 10.7. The number of hydrazone groups is 1. The second-order valence-corrected chi connectivity index (χ2v) is 7.76. The topological polar surface area (TPSA) is 70.4 Å². The number of hydrogen-bond donors (Lipinski definition) is 2. The lowest BCUT2D eigenvalue weighted by molar-refractivity contribution is -0.596. The van der Waals surface area contributed by atoms with Crippen LogP contribution in [0.3, 0.4) is 0 Å². The average molecular weight is 449 g/mol. The molecule has 1 heterocycles. The van der Waals surface area contributed by atoms with Crippen LogP contribution in [0.2, 0.25) is 5.02 Å². The average Bonchev–Trinajstić information content (AvgIpc) is 3.10. The van der Waals surface area contributed by atoms with Gasteiger partial charge in [0, 0.05) is 21.7 Å². The summed E-state index contributed by atoms with van der Waals surface area (Å²) < 4.78 is 7.23. The van der Waals surface area contributed by atoms with Gasteiger partial charge in [0.1, 0.15) is 5.75 Å². The molecule has 0 aliphatic carbocycles. The van der Waals surface area contributed by atoms with E-state index in [4.69, 9.17) is 16.3 Å². The zero-order chi connectivity index (χ0) is 22.5. The number of ether oxygens (including phenoxy) is 1. The highest BCUT2D eigenvalue weighted by atomic mass is 35.5. The van der Waals surface area contributed by atoms with E-state index in [2.05, 4.69) is 10.7 Å². The van der Waals surface area contributed by atoms with Crippen molar-refractivity contribution in [3.8, 4) is 5.75 Å². The van der Waals surface area contributed by atoms with Gasteiger partial charge in [0.05, 0.1) is 6.61 Å². The lowest BCUT2D eigenvalue weighted by Crippen LogP contribution is -2.42. The van der Waals surface area contributed by atoms with E-state index >= 15 is 0 Å². The first kappa shape index (κ1) is 21.6. The van der Waals surface area contributed by atoms with Crippen molar-refractivity contribution >= 4 is 29.6 Å². The van der Waals surface area contributed by atoms with Crippen LogP contribution in [0, 0.1) is 0 Å². The Kier molecular flexibility index (Phi) is 6.52. The third-order valence-electron chi connectivity index (χ3n) is 5.15. The minimum Gasteiger partial charge on any atom is -0.494 e. The Bertz CT molecular complexity index is 1130. The Hall–Kier alpha value is -3.64. The highest BCUT2D eigenvalue weighted by Gasteiger charge is 2.47. The van der Waals surface area contributed by atoms with Gasteiger partial charge in [0.25, 0.3) is 5.91 Å². The molecule has 1 fully saturated rings. The van der Waals surface area contributed by atoms with E-state index in [0.29, 0.717) is 17.2 Å². The number of hydrazine groups is 1. The van der Waals surface area contributed by atoms with Gasteiger partial charge in [-0.25, -0.2) is 0 Å². The zero-order valence-electron chi connectivity index (χ0n) is 17.5. The molecule has 4 rings (SSSR count). The third-order valence-corrected chi connectivity index (χ3v) is 5.40. The molecule has 3 aromatic carbocycles. The Morgan fingerprint density at radius 2 is 1.75 bits per heavy atom. The normalized spacial score (nSPS) is 18.9. The fourth-order valence-electron chi connectivity index (χ4n) is 3.63. The van der Waals surface area contributed by atoms with Crippen LogP contribution in [-0.4, -0.2) is 35.4 Å². The van der Waals surface area contributed by atoms with Crippen molar-refractivity contribution in [1.82, 2.24) is 10.7 Å². The molecule has 162 valence electrons. The summed E-state index contributed by atoms with van der Waals surface area (Å²) in [5.74, 6) is 0.150. The van der Waals surface area contributed by atoms with Gasteiger partial charge in [-0.15, -0.1) is 10.1 Å². The molecule has 2 atom stereocenters. The Labute approximate surface area is 191 Å². The molecule has 3 aromatic rings. The molecule has 0 unspecified atom stereocenters. The first-order valence-electron chi connectivity index (χ1n) is 10.3. The van der Waals surface area contributed by atoms with Gasteiger partial charge in [0.15, 0.2) is 6.04 Å². The quantitative estimate of drug-likeness (QED) is 0.564. The number of rotatable bonds is 6. The van der Waals surface area contributed by atoms with E-state index in [1.54, 1.807) is 28.9 Å². The van der Waals surface area contributed by atoms with Crippen LogP contribution in [-0.2, 0) is 4.79 Å². The molecular weight excluding hydrogens is 426 g/mol. The maximum Gasteiger partial charge on any atom is 0.304 e. The van der Waals surface area contributed by atoms with E-state index in [1.807, 2.05) is 67.7 Å². The summed E-state index contributed by atoms with van der Waals surface area (Å²) in [7, 11) is 0. The standard InChI is InChI=1S/C25H22ClN3O3/c1-2-32-21-14-8-17(9-15-21)16-29-23(18-6-4-3-5-7-18)22(25(31)28-29)27-24(30)19-10-12-20(26)13-11-19/h3-16,22-23H,2H2,1H3,(H-,27,28,30,31)/p+1/b29-16-/t22-,23+/m0/s1. The maximum atomic E-state index is 12.9. The van der Waals surface area contributed by atoms with Crippen LogP contribution in [0.25, 0.3) is 0 Å². The Morgan fingerprint density at radius 1 is 1.06 bits per heavy atom. The van der Waals surface area contributed by atoms with Crippen molar-refractivity contribution in [3.63, 3.8) is 0 Å². The predicted octanol–water partition coefficient (Wildman–Crippen LogP) is 3.75. The molecule has 0 radical (unpaired) electrons. The predicted molar refractivity (Wildman–Crippen MR) is 123 cm³/mol. The first-order chi connectivity index (χ1) is 15.5. The summed E-state index contributed by atoms with van der Waals surface area (Å²) >= 11 is 5.92. The van der Waals surface area contributed by atoms with Crippen LogP contribution in [0.5, 0.6) is 5.75 Å². The zero-order valence-corrected chi connectivity index (χ0v) is 18.3. The van der Waals surface area contributed by atoms with Gasteiger partial charge >= 0.3 is 5.91 Å². The van der Waals surface area contributed by atoms with Crippen molar-refractivity contribution in [2.24, 2.45) is 0 Å². The third kappa shape index (κ3) is 4.81. The van der Waals surface area contributed by atoms with E-state index in [0.717, 1.165) is 16.9 Å². The number of nitrogens with zero attached hydrogens (tertiary/aromatic N) is 1. The lowest BCUT2D eigenvalue weighted by Gasteiger charge is -2.14. The van der Waals surface area contributed by atoms with E-state index in [-0.39, 0.29) is 11.8 Å². The van der Waals surface area contributed by atoms with Crippen molar-refractivity contribution < 1.29 is 19.0 Å². The molecular formula is C25H23ClN3O3+. The Morgan fingerprint density at radius 3 is 2.41 bits per heavy atom. The van der Waals surface area contributed by atoms with Crippen LogP contribution < -0.4 is 15.5 Å². The lowest BCUT2D eigenvalue weighted by atomic mass is 10.00. The summed E-state index contributed by atoms with van der Waals surface area (Å²) in [6.45, 7) is 2.53. The second-order valence-electron chi connectivity index (χ2n) is 7.33. The molecule has 0 saturated carbocycles. The van der Waals surface area contributed by atoms with Gasteiger partial charge in [0.2, 0.25) is 12.3 Å². The number of nitrogens with one attached hydrogen (secondary N) is 2. The highest BCUT2D eigenvalue weighted by molar-refractivity contribution is 6.30. The molecule has 0 aromatic heterocycles. The van der Waals surface area contributed by atoms with Crippen LogP contribution in [0.4, 0.5) is 0 Å². The smallest absolute Gasteiger partial charge is 0.304 e. The monoisotopic (exact) mass is 448 g/mol. The summed E-state index contributed by atoms with van der Waals surface area (Å²) in [5.41, 5.74) is 5.10. The molecule has 0 bridgehead atoms. The number of carbonyl (C=O) groups is 2. The maximum absolute atomic E-state index is 12.9. The van der Waals surface area contributed by atoms with E-state index in [1.165, 1.54) is 0 Å². The minimum absolute atomic E-state index is 0.289. The van der Waals surface area contributed by atoms with Crippen molar-refractivity contribution in [2.75, 3.05) is 6.61 Å². The molecule has 1 saturated heterocycles. The van der Waals surface area contributed by atoms with E-state index in [9.17, 15) is 9.59 Å². The molecule has 7 heteroatoms. The summed E-state index contributed by atoms with van der Waals surface area (Å²) in [6.07, 6.45) is 1.85. The highest BCUT2D eigenvalue weighted by Crippen LogP contribution is 2.25. The summed E-state index contributed by atoms with van der Waals surface area (Å²) in [5, 5.41) is 3.42. The molecule has 2 amide bonds. The molecule has 0 spiro atoms. The second kappa shape index (κ2) is 9.66. The van der Waals surface area contributed by atoms with Crippen molar-refractivity contribution in [2.45, 2.75) is 19.0 Å². The fraction of sp³-hybridized carbons (Fsp3) is 0.160. The van der Waals surface area contributed by atoms with Gasteiger partial charge in [-0.1, -0.05) is 41.9 Å². The van der Waals surface area contributed by atoms with Crippen LogP contribution in [0.1, 0.15) is 34.5 Å². The van der Waals surface area contributed by atoms with Crippen LogP contribution >= 0.6 is 11.6 Å². The fourth-order valence-corrected chi connectivity index (χ4v) is 3.76. The summed E-state index contributed by atoms with van der Waals surface area (Å²) in [4.78, 5) is 25.7. The molecule has 6 nitrogen and oxygen atoms in total. The molecule has 1 aliphatic rings. The van der Waals surface area contributed by atoms with E-state index < -0.39 is 12.1 Å². The van der Waals surface area contributed by atoms with Crippen LogP contribution in [0.15, 0.2) is 78.9 Å². The largest absolute Gasteiger partial charge is 0.494 e. The van der Waals surface area contributed by atoms with Gasteiger partial charge in [-0.05, 0) is 55.5 Å². The number of benzene rings is 3. The Balaban J connectivity index is 1.64. The SMILES string of the molecule is CCOc1ccc(/C=[N+]2\NC(=O)[C@@H](NC(=O)c3ccc(Cl)cc3)[C@H]2c2ccccc2)cc1.